The normalized spacial score (nSPS) is 31.5. The van der Waals surface area contributed by atoms with Crippen molar-refractivity contribution in [2.24, 2.45) is 11.8 Å². The van der Waals surface area contributed by atoms with Crippen LogP contribution in [0.15, 0.2) is 36.4 Å². The summed E-state index contributed by atoms with van der Waals surface area (Å²) < 4.78 is 11.1. The Labute approximate surface area is 157 Å². The number of rotatable bonds is 6. The van der Waals surface area contributed by atoms with Gasteiger partial charge in [0.15, 0.2) is 0 Å². The lowest BCUT2D eigenvalue weighted by molar-refractivity contribution is -0.131. The third-order valence-corrected chi connectivity index (χ3v) is 5.62. The fourth-order valence-corrected chi connectivity index (χ4v) is 4.31. The van der Waals surface area contributed by atoms with Crippen molar-refractivity contribution in [2.45, 2.75) is 18.1 Å². The van der Waals surface area contributed by atoms with Crippen molar-refractivity contribution in [1.82, 2.24) is 5.32 Å². The van der Waals surface area contributed by atoms with Crippen molar-refractivity contribution < 1.29 is 19.1 Å². The van der Waals surface area contributed by atoms with E-state index in [4.69, 9.17) is 21.1 Å². The highest BCUT2D eigenvalue weighted by atomic mass is 35.5. The number of hydrogen-bond acceptors (Lipinski definition) is 4. The Hall–Kier alpha value is -1.89. The molecule has 4 atom stereocenters. The van der Waals surface area contributed by atoms with E-state index in [-0.39, 0.29) is 17.9 Å². The lowest BCUT2D eigenvalue weighted by Gasteiger charge is -2.23. The predicted octanol–water partition coefficient (Wildman–Crippen LogP) is 1.78. The molecule has 0 aromatic heterocycles. The fourth-order valence-electron chi connectivity index (χ4n) is 4.18. The molecule has 6 nitrogen and oxygen atoms in total. The standard InChI is InChI=1S/C19H21ClN2O4/c1-25-10-2-9-21-17(23)15-14-7-8-19(26-14)11-22(18(24)16(15)19)13-5-3-12(20)4-6-13/h3-8,14-16H,2,9-11H2,1H3,(H,21,23)/t14-,15+,16+,19+/m1/s1. The van der Waals surface area contributed by atoms with E-state index in [0.717, 1.165) is 12.1 Å². The molecule has 2 saturated heterocycles. The molecule has 0 saturated carbocycles. The zero-order chi connectivity index (χ0) is 18.3. The summed E-state index contributed by atoms with van der Waals surface area (Å²) in [6.07, 6.45) is 4.26. The van der Waals surface area contributed by atoms with Crippen LogP contribution in [0.1, 0.15) is 6.42 Å². The van der Waals surface area contributed by atoms with Gasteiger partial charge in [0.2, 0.25) is 11.8 Å². The fraction of sp³-hybridized carbons (Fsp3) is 0.474. The quantitative estimate of drug-likeness (QED) is 0.607. The van der Waals surface area contributed by atoms with Gasteiger partial charge in [-0.15, -0.1) is 0 Å². The van der Waals surface area contributed by atoms with Gasteiger partial charge in [-0.2, -0.15) is 0 Å². The summed E-state index contributed by atoms with van der Waals surface area (Å²) in [6, 6.07) is 7.13. The molecular formula is C19H21ClN2O4. The maximum Gasteiger partial charge on any atom is 0.234 e. The van der Waals surface area contributed by atoms with E-state index < -0.39 is 17.4 Å². The molecule has 3 heterocycles. The molecule has 1 aromatic rings. The number of anilines is 1. The molecule has 4 rings (SSSR count). The van der Waals surface area contributed by atoms with Crippen LogP contribution in [0.3, 0.4) is 0 Å². The van der Waals surface area contributed by atoms with E-state index in [9.17, 15) is 9.59 Å². The summed E-state index contributed by atoms with van der Waals surface area (Å²) >= 11 is 5.95. The number of methoxy groups -OCH3 is 1. The second-order valence-corrected chi connectivity index (χ2v) is 7.37. The van der Waals surface area contributed by atoms with Crippen LogP contribution >= 0.6 is 11.6 Å². The molecule has 0 unspecified atom stereocenters. The first-order valence-electron chi connectivity index (χ1n) is 8.76. The lowest BCUT2D eigenvalue weighted by Crippen LogP contribution is -2.44. The predicted molar refractivity (Wildman–Crippen MR) is 97.0 cm³/mol. The van der Waals surface area contributed by atoms with Crippen molar-refractivity contribution in [1.29, 1.82) is 0 Å². The number of carbonyl (C=O) groups excluding carboxylic acids is 2. The molecule has 2 fully saturated rings. The first-order chi connectivity index (χ1) is 12.6. The molecule has 2 bridgehead atoms. The van der Waals surface area contributed by atoms with Crippen LogP contribution < -0.4 is 10.2 Å². The second kappa shape index (κ2) is 6.68. The summed E-state index contributed by atoms with van der Waals surface area (Å²) in [7, 11) is 1.63. The van der Waals surface area contributed by atoms with Gasteiger partial charge < -0.3 is 19.7 Å². The molecule has 0 aliphatic carbocycles. The summed E-state index contributed by atoms with van der Waals surface area (Å²) in [5, 5.41) is 3.53. The zero-order valence-electron chi connectivity index (χ0n) is 14.5. The number of benzene rings is 1. The number of fused-ring (bicyclic) bond motifs is 1. The van der Waals surface area contributed by atoms with Crippen LogP contribution in [-0.2, 0) is 19.1 Å². The molecule has 138 valence electrons. The molecule has 1 spiro atoms. The second-order valence-electron chi connectivity index (χ2n) is 6.94. The summed E-state index contributed by atoms with van der Waals surface area (Å²) in [5.74, 6) is -1.19. The maximum absolute atomic E-state index is 13.1. The monoisotopic (exact) mass is 376 g/mol. The minimum Gasteiger partial charge on any atom is -0.385 e. The van der Waals surface area contributed by atoms with E-state index in [0.29, 0.717) is 24.7 Å². The van der Waals surface area contributed by atoms with Gasteiger partial charge in [0.25, 0.3) is 0 Å². The summed E-state index contributed by atoms with van der Waals surface area (Å²) in [5.41, 5.74) is 0.0542. The first-order valence-corrected chi connectivity index (χ1v) is 9.14. The number of nitrogens with one attached hydrogen (secondary N) is 1. The third-order valence-electron chi connectivity index (χ3n) is 5.37. The molecule has 3 aliphatic heterocycles. The molecule has 2 amide bonds. The largest absolute Gasteiger partial charge is 0.385 e. The number of halogens is 1. The number of hydrogen-bond donors (Lipinski definition) is 1. The van der Waals surface area contributed by atoms with Crippen molar-refractivity contribution >= 4 is 29.1 Å². The molecule has 3 aliphatic rings. The van der Waals surface area contributed by atoms with Crippen LogP contribution in [-0.4, -0.2) is 50.3 Å². The van der Waals surface area contributed by atoms with Crippen molar-refractivity contribution in [3.63, 3.8) is 0 Å². The van der Waals surface area contributed by atoms with Gasteiger partial charge in [0.05, 0.1) is 24.5 Å². The van der Waals surface area contributed by atoms with E-state index in [1.54, 1.807) is 24.1 Å². The maximum atomic E-state index is 13.1. The Bertz CT molecular complexity index is 750. The van der Waals surface area contributed by atoms with Crippen LogP contribution in [0.5, 0.6) is 0 Å². The van der Waals surface area contributed by atoms with Gasteiger partial charge in [-0.05, 0) is 30.7 Å². The Morgan fingerprint density at radius 3 is 2.92 bits per heavy atom. The van der Waals surface area contributed by atoms with Crippen LogP contribution in [0, 0.1) is 11.8 Å². The lowest BCUT2D eigenvalue weighted by atomic mass is 9.77. The smallest absolute Gasteiger partial charge is 0.234 e. The van der Waals surface area contributed by atoms with Crippen LogP contribution in [0.2, 0.25) is 5.02 Å². The van der Waals surface area contributed by atoms with Gasteiger partial charge in [-0.25, -0.2) is 0 Å². The summed E-state index contributed by atoms with van der Waals surface area (Å²) in [6.45, 7) is 1.52. The van der Waals surface area contributed by atoms with Crippen LogP contribution in [0.25, 0.3) is 0 Å². The van der Waals surface area contributed by atoms with Gasteiger partial charge in [0, 0.05) is 31.0 Å². The third kappa shape index (κ3) is 2.73. The van der Waals surface area contributed by atoms with Gasteiger partial charge in [0.1, 0.15) is 5.60 Å². The molecule has 1 N–H and O–H groups in total. The van der Waals surface area contributed by atoms with Gasteiger partial charge in [-0.1, -0.05) is 23.8 Å². The van der Waals surface area contributed by atoms with Crippen molar-refractivity contribution in [3.05, 3.63) is 41.4 Å². The number of amides is 2. The molecule has 26 heavy (non-hydrogen) atoms. The Morgan fingerprint density at radius 2 is 2.19 bits per heavy atom. The average molecular weight is 377 g/mol. The minimum absolute atomic E-state index is 0.0730. The first kappa shape index (κ1) is 17.5. The number of ether oxygens (including phenoxy) is 2. The highest BCUT2D eigenvalue weighted by Crippen LogP contribution is 2.52. The van der Waals surface area contributed by atoms with Crippen molar-refractivity contribution in [2.75, 3.05) is 31.7 Å². The van der Waals surface area contributed by atoms with Gasteiger partial charge >= 0.3 is 0 Å². The summed E-state index contributed by atoms with van der Waals surface area (Å²) in [4.78, 5) is 27.5. The average Bonchev–Trinajstić information content (AvgIpc) is 3.28. The molecule has 1 aromatic carbocycles. The number of nitrogens with zero attached hydrogens (tertiary/aromatic N) is 1. The Balaban J connectivity index is 1.53. The van der Waals surface area contributed by atoms with E-state index in [1.165, 1.54) is 0 Å². The molecule has 0 radical (unpaired) electrons. The van der Waals surface area contributed by atoms with E-state index >= 15 is 0 Å². The SMILES string of the molecule is COCCCNC(=O)[C@@H]1[C@H]2C(=O)N(c3ccc(Cl)cc3)C[C@@]23C=C[C@H]1O3. The topological polar surface area (TPSA) is 67.9 Å². The highest BCUT2D eigenvalue weighted by molar-refractivity contribution is 6.30. The van der Waals surface area contributed by atoms with E-state index in [2.05, 4.69) is 5.32 Å². The zero-order valence-corrected chi connectivity index (χ0v) is 15.2. The van der Waals surface area contributed by atoms with Crippen molar-refractivity contribution in [3.8, 4) is 0 Å². The molecule has 7 heteroatoms. The number of carbonyl (C=O) groups is 2. The van der Waals surface area contributed by atoms with Gasteiger partial charge in [-0.3, -0.25) is 9.59 Å². The van der Waals surface area contributed by atoms with E-state index in [1.807, 2.05) is 24.3 Å². The Morgan fingerprint density at radius 1 is 1.42 bits per heavy atom. The van der Waals surface area contributed by atoms with Crippen LogP contribution in [0.4, 0.5) is 5.69 Å². The Kier molecular flexibility index (Phi) is 4.50. The molecular weight excluding hydrogens is 356 g/mol. The minimum atomic E-state index is -0.712. The highest BCUT2D eigenvalue weighted by Gasteiger charge is 2.66.